The van der Waals surface area contributed by atoms with E-state index in [0.717, 1.165) is 12.4 Å². The molecule has 5 heteroatoms. The Balaban J connectivity index is 1.74. The van der Waals surface area contributed by atoms with Crippen LogP contribution in [0.3, 0.4) is 0 Å². The summed E-state index contributed by atoms with van der Waals surface area (Å²) in [7, 11) is 2.03. The fraction of sp³-hybridized carbons (Fsp3) is 0.174. The largest absolute Gasteiger partial charge is 0.316 e. The molecular weight excluding hydrogens is 346 g/mol. The number of benzene rings is 3. The third kappa shape index (κ3) is 2.59. The van der Waals surface area contributed by atoms with Gasteiger partial charge in [0, 0.05) is 12.7 Å². The van der Waals surface area contributed by atoms with E-state index in [9.17, 15) is 0 Å². The molecule has 28 heavy (non-hydrogen) atoms. The zero-order valence-electron chi connectivity index (χ0n) is 15.9. The van der Waals surface area contributed by atoms with Crippen molar-refractivity contribution in [3.8, 4) is 0 Å². The number of anilines is 1. The molecule has 0 amide bonds. The minimum atomic E-state index is -0.0347. The Morgan fingerprint density at radius 2 is 1.64 bits per heavy atom. The minimum Gasteiger partial charge on any atom is -0.316 e. The van der Waals surface area contributed by atoms with E-state index in [1.54, 1.807) is 0 Å². The highest BCUT2D eigenvalue weighted by Crippen LogP contribution is 2.40. The Labute approximate surface area is 163 Å². The number of rotatable bonds is 3. The van der Waals surface area contributed by atoms with Crippen molar-refractivity contribution in [3.05, 3.63) is 95.2 Å². The average Bonchev–Trinajstić information content (AvgIpc) is 3.22. The van der Waals surface area contributed by atoms with Gasteiger partial charge in [-0.3, -0.25) is 0 Å². The second kappa shape index (κ2) is 6.60. The molecule has 1 aliphatic rings. The van der Waals surface area contributed by atoms with Gasteiger partial charge in [0.05, 0.1) is 0 Å². The SMILES string of the molecule is CC1=C(Cc2ccccc2)C(c2cccc3ccccc23)n2nnnc2N1C. The van der Waals surface area contributed by atoms with Gasteiger partial charge in [-0.25, -0.2) is 0 Å². The van der Waals surface area contributed by atoms with Crippen LogP contribution in [-0.4, -0.2) is 27.3 Å². The summed E-state index contributed by atoms with van der Waals surface area (Å²) >= 11 is 0. The van der Waals surface area contributed by atoms with Crippen LogP contribution in [0, 0.1) is 0 Å². The van der Waals surface area contributed by atoms with E-state index < -0.39 is 0 Å². The number of allylic oxidation sites excluding steroid dienone is 2. The molecule has 0 aliphatic carbocycles. The highest BCUT2D eigenvalue weighted by Gasteiger charge is 2.33. The van der Waals surface area contributed by atoms with E-state index in [-0.39, 0.29) is 6.04 Å². The van der Waals surface area contributed by atoms with Crippen LogP contribution < -0.4 is 4.90 Å². The summed E-state index contributed by atoms with van der Waals surface area (Å²) in [6.45, 7) is 2.16. The molecule has 1 unspecified atom stereocenters. The van der Waals surface area contributed by atoms with Crippen molar-refractivity contribution >= 4 is 16.7 Å². The molecule has 1 aromatic heterocycles. The van der Waals surface area contributed by atoms with Crippen LogP contribution in [0.25, 0.3) is 10.8 Å². The van der Waals surface area contributed by atoms with Crippen molar-refractivity contribution in [2.45, 2.75) is 19.4 Å². The smallest absolute Gasteiger partial charge is 0.250 e. The molecule has 0 bridgehead atoms. The van der Waals surface area contributed by atoms with Crippen molar-refractivity contribution in [3.63, 3.8) is 0 Å². The zero-order valence-corrected chi connectivity index (χ0v) is 15.9. The number of nitrogens with zero attached hydrogens (tertiary/aromatic N) is 5. The number of aromatic nitrogens is 4. The second-order valence-electron chi connectivity index (χ2n) is 7.23. The quantitative estimate of drug-likeness (QED) is 0.539. The van der Waals surface area contributed by atoms with Gasteiger partial charge in [0.1, 0.15) is 6.04 Å². The van der Waals surface area contributed by atoms with Crippen LogP contribution in [0.4, 0.5) is 5.95 Å². The first-order chi connectivity index (χ1) is 13.7. The Kier molecular flexibility index (Phi) is 3.93. The Morgan fingerprint density at radius 3 is 2.50 bits per heavy atom. The van der Waals surface area contributed by atoms with Gasteiger partial charge in [0.25, 0.3) is 0 Å². The lowest BCUT2D eigenvalue weighted by atomic mass is 9.88. The van der Waals surface area contributed by atoms with Gasteiger partial charge < -0.3 is 4.90 Å². The first-order valence-electron chi connectivity index (χ1n) is 9.47. The van der Waals surface area contributed by atoms with Crippen molar-refractivity contribution in [1.82, 2.24) is 20.2 Å². The predicted octanol–water partition coefficient (Wildman–Crippen LogP) is 4.38. The summed E-state index contributed by atoms with van der Waals surface area (Å²) in [5.41, 5.74) is 5.02. The van der Waals surface area contributed by atoms with Crippen LogP contribution >= 0.6 is 0 Å². The maximum absolute atomic E-state index is 4.38. The van der Waals surface area contributed by atoms with Crippen molar-refractivity contribution in [1.29, 1.82) is 0 Å². The van der Waals surface area contributed by atoms with Gasteiger partial charge in [-0.15, -0.1) is 0 Å². The highest BCUT2D eigenvalue weighted by molar-refractivity contribution is 5.86. The fourth-order valence-corrected chi connectivity index (χ4v) is 4.14. The number of hydrogen-bond donors (Lipinski definition) is 0. The van der Waals surface area contributed by atoms with Crippen LogP contribution in [0.1, 0.15) is 24.1 Å². The second-order valence-corrected chi connectivity index (χ2v) is 7.23. The van der Waals surface area contributed by atoms with Crippen LogP contribution in [0.15, 0.2) is 84.1 Å². The van der Waals surface area contributed by atoms with E-state index in [0.29, 0.717) is 0 Å². The van der Waals surface area contributed by atoms with Gasteiger partial charge in [0.15, 0.2) is 0 Å². The van der Waals surface area contributed by atoms with Crippen molar-refractivity contribution < 1.29 is 0 Å². The van der Waals surface area contributed by atoms with Crippen molar-refractivity contribution in [2.75, 3.05) is 11.9 Å². The molecule has 2 heterocycles. The average molecular weight is 367 g/mol. The molecule has 0 radical (unpaired) electrons. The van der Waals surface area contributed by atoms with Crippen molar-refractivity contribution in [2.24, 2.45) is 0 Å². The van der Waals surface area contributed by atoms with E-state index in [2.05, 4.69) is 100 Å². The Bertz CT molecular complexity index is 1170. The molecular formula is C23H21N5. The maximum atomic E-state index is 4.38. The van der Waals surface area contributed by atoms with Crippen LogP contribution in [-0.2, 0) is 6.42 Å². The van der Waals surface area contributed by atoms with E-state index in [1.165, 1.54) is 33.2 Å². The van der Waals surface area contributed by atoms with E-state index >= 15 is 0 Å². The van der Waals surface area contributed by atoms with E-state index in [4.69, 9.17) is 0 Å². The molecule has 0 N–H and O–H groups in total. The highest BCUT2D eigenvalue weighted by atomic mass is 15.6. The molecule has 0 spiro atoms. The third-order valence-electron chi connectivity index (χ3n) is 5.67. The fourth-order valence-electron chi connectivity index (χ4n) is 4.14. The van der Waals surface area contributed by atoms with Crippen LogP contribution in [0.2, 0.25) is 0 Å². The van der Waals surface area contributed by atoms with Gasteiger partial charge in [-0.2, -0.15) is 4.68 Å². The van der Waals surface area contributed by atoms with Gasteiger partial charge >= 0.3 is 0 Å². The first-order valence-corrected chi connectivity index (χ1v) is 9.47. The first kappa shape index (κ1) is 16.7. The topological polar surface area (TPSA) is 46.8 Å². The molecule has 5 nitrogen and oxygen atoms in total. The molecule has 3 aromatic carbocycles. The number of hydrogen-bond acceptors (Lipinski definition) is 4. The number of tetrazole rings is 1. The summed E-state index contributed by atoms with van der Waals surface area (Å²) in [5.74, 6) is 0.771. The summed E-state index contributed by atoms with van der Waals surface area (Å²) in [6, 6.07) is 25.5. The Morgan fingerprint density at radius 1 is 0.893 bits per heavy atom. The standard InChI is InChI=1S/C23H21N5/c1-16-21(15-17-9-4-3-5-10-17)22(28-23(27(16)2)24-25-26-28)20-14-8-12-18-11-6-7-13-19(18)20/h3-14,22H,15H2,1-2H3. The van der Waals surface area contributed by atoms with Gasteiger partial charge in [0.2, 0.25) is 5.95 Å². The maximum Gasteiger partial charge on any atom is 0.250 e. The summed E-state index contributed by atoms with van der Waals surface area (Å²) < 4.78 is 1.95. The normalized spacial score (nSPS) is 16.5. The Hall–Kier alpha value is -3.47. The van der Waals surface area contributed by atoms with Crippen LogP contribution in [0.5, 0.6) is 0 Å². The lowest BCUT2D eigenvalue weighted by Crippen LogP contribution is -2.32. The van der Waals surface area contributed by atoms with Gasteiger partial charge in [-0.05, 0) is 51.2 Å². The monoisotopic (exact) mass is 367 g/mol. The van der Waals surface area contributed by atoms with E-state index in [1.807, 2.05) is 11.7 Å². The summed E-state index contributed by atoms with van der Waals surface area (Å²) in [6.07, 6.45) is 0.851. The number of fused-ring (bicyclic) bond motifs is 2. The molecule has 1 atom stereocenters. The summed E-state index contributed by atoms with van der Waals surface area (Å²) in [4.78, 5) is 2.08. The molecule has 0 fully saturated rings. The third-order valence-corrected chi connectivity index (χ3v) is 5.67. The molecule has 138 valence electrons. The van der Waals surface area contributed by atoms with Gasteiger partial charge in [-0.1, -0.05) is 77.9 Å². The molecule has 0 saturated heterocycles. The molecule has 1 aliphatic heterocycles. The predicted molar refractivity (Wildman–Crippen MR) is 111 cm³/mol. The summed E-state index contributed by atoms with van der Waals surface area (Å²) in [5, 5.41) is 15.1. The molecule has 0 saturated carbocycles. The molecule has 5 rings (SSSR count). The zero-order chi connectivity index (χ0) is 19.1. The minimum absolute atomic E-state index is 0.0347. The lowest BCUT2D eigenvalue weighted by molar-refractivity contribution is 0.534. The lowest BCUT2D eigenvalue weighted by Gasteiger charge is -2.34. The molecule has 4 aromatic rings.